The number of amides is 1. The maximum Gasteiger partial charge on any atom is 0.308 e. The van der Waals surface area contributed by atoms with Crippen LogP contribution in [-0.2, 0) is 14.3 Å². The number of morpholine rings is 1. The molecule has 1 aliphatic heterocycles. The molecule has 21 heavy (non-hydrogen) atoms. The fourth-order valence-electron chi connectivity index (χ4n) is 2.29. The molecule has 1 fully saturated rings. The summed E-state index contributed by atoms with van der Waals surface area (Å²) in [5.41, 5.74) is 1.06. The fourth-order valence-corrected chi connectivity index (χ4v) is 2.29. The number of ether oxygens (including phenoxy) is 2. The molecule has 0 spiro atoms. The van der Waals surface area contributed by atoms with Crippen molar-refractivity contribution >= 4 is 11.9 Å². The Morgan fingerprint density at radius 3 is 2.95 bits per heavy atom. The summed E-state index contributed by atoms with van der Waals surface area (Å²) in [7, 11) is 1.31. The van der Waals surface area contributed by atoms with Crippen molar-refractivity contribution in [2.75, 3.05) is 26.8 Å². The smallest absolute Gasteiger partial charge is 0.308 e. The Hall–Kier alpha value is -1.95. The summed E-state index contributed by atoms with van der Waals surface area (Å²) in [6, 6.07) is 4.14. The van der Waals surface area contributed by atoms with Crippen LogP contribution >= 0.6 is 0 Å². The molecule has 1 aromatic rings. The zero-order valence-electron chi connectivity index (χ0n) is 12.1. The minimum Gasteiger partial charge on any atom is -0.469 e. The molecule has 0 aromatic heterocycles. The van der Waals surface area contributed by atoms with E-state index in [9.17, 15) is 14.0 Å². The molecular weight excluding hydrogens is 277 g/mol. The molecule has 5 nitrogen and oxygen atoms in total. The monoisotopic (exact) mass is 295 g/mol. The van der Waals surface area contributed by atoms with Crippen LogP contribution in [0.5, 0.6) is 0 Å². The van der Waals surface area contributed by atoms with E-state index >= 15 is 0 Å². The Labute approximate surface area is 122 Å². The van der Waals surface area contributed by atoms with Gasteiger partial charge in [-0.15, -0.1) is 0 Å². The largest absolute Gasteiger partial charge is 0.469 e. The van der Waals surface area contributed by atoms with Gasteiger partial charge in [0, 0.05) is 18.7 Å². The first-order chi connectivity index (χ1) is 10.0. The number of halogens is 1. The molecule has 1 amide bonds. The minimum atomic E-state index is -0.441. The molecule has 114 valence electrons. The van der Waals surface area contributed by atoms with E-state index in [1.165, 1.54) is 19.2 Å². The molecule has 0 N–H and O–H groups in total. The highest BCUT2D eigenvalue weighted by Gasteiger charge is 2.27. The van der Waals surface area contributed by atoms with Crippen molar-refractivity contribution in [3.63, 3.8) is 0 Å². The number of hydrogen-bond acceptors (Lipinski definition) is 4. The van der Waals surface area contributed by atoms with Crippen LogP contribution in [0.15, 0.2) is 18.2 Å². The first-order valence-corrected chi connectivity index (χ1v) is 6.75. The molecular formula is C15H18FNO4. The first-order valence-electron chi connectivity index (χ1n) is 6.75. The second kappa shape index (κ2) is 6.67. The molecule has 1 unspecified atom stereocenters. The van der Waals surface area contributed by atoms with Gasteiger partial charge in [-0.1, -0.05) is 6.07 Å². The molecule has 6 heteroatoms. The van der Waals surface area contributed by atoms with Crippen LogP contribution in [0, 0.1) is 12.7 Å². The summed E-state index contributed by atoms with van der Waals surface area (Å²) in [5.74, 6) is -1.07. The zero-order chi connectivity index (χ0) is 15.4. The number of carbonyl (C=O) groups is 2. The van der Waals surface area contributed by atoms with Gasteiger partial charge < -0.3 is 14.4 Å². The maximum atomic E-state index is 13.3. The van der Waals surface area contributed by atoms with Gasteiger partial charge >= 0.3 is 5.97 Å². The van der Waals surface area contributed by atoms with Crippen LogP contribution in [0.3, 0.4) is 0 Å². The molecule has 1 saturated heterocycles. The van der Waals surface area contributed by atoms with E-state index in [2.05, 4.69) is 4.74 Å². The average Bonchev–Trinajstić information content (AvgIpc) is 2.49. The number of esters is 1. The summed E-state index contributed by atoms with van der Waals surface area (Å²) >= 11 is 0. The third kappa shape index (κ3) is 3.78. The molecule has 1 atom stereocenters. The van der Waals surface area contributed by atoms with Crippen molar-refractivity contribution in [2.24, 2.45) is 0 Å². The van der Waals surface area contributed by atoms with Crippen LogP contribution in [0.4, 0.5) is 4.39 Å². The van der Waals surface area contributed by atoms with Gasteiger partial charge in [0.1, 0.15) is 5.82 Å². The number of rotatable bonds is 3. The molecule has 1 aromatic carbocycles. The Morgan fingerprint density at radius 2 is 2.24 bits per heavy atom. The summed E-state index contributed by atoms with van der Waals surface area (Å²) < 4.78 is 23.4. The van der Waals surface area contributed by atoms with Gasteiger partial charge in [-0.25, -0.2) is 4.39 Å². The molecule has 1 aliphatic rings. The Morgan fingerprint density at radius 1 is 1.48 bits per heavy atom. The normalized spacial score (nSPS) is 18.4. The highest BCUT2D eigenvalue weighted by molar-refractivity contribution is 5.95. The first kappa shape index (κ1) is 15.4. The Balaban J connectivity index is 2.08. The topological polar surface area (TPSA) is 55.8 Å². The number of nitrogens with zero attached hydrogens (tertiary/aromatic N) is 1. The van der Waals surface area contributed by atoms with Crippen molar-refractivity contribution in [3.05, 3.63) is 35.1 Å². The van der Waals surface area contributed by atoms with Gasteiger partial charge in [0.25, 0.3) is 5.91 Å². The van der Waals surface area contributed by atoms with Crippen LogP contribution in [0.2, 0.25) is 0 Å². The van der Waals surface area contributed by atoms with E-state index in [0.717, 1.165) is 5.56 Å². The van der Waals surface area contributed by atoms with E-state index in [-0.39, 0.29) is 24.4 Å². The lowest BCUT2D eigenvalue weighted by Crippen LogP contribution is -2.46. The SMILES string of the molecule is COC(=O)CC1CN(C(=O)c2cc(F)ccc2C)CCO1. The molecule has 0 aliphatic carbocycles. The second-order valence-electron chi connectivity index (χ2n) is 4.98. The number of methoxy groups -OCH3 is 1. The summed E-state index contributed by atoms with van der Waals surface area (Å²) in [4.78, 5) is 25.3. The highest BCUT2D eigenvalue weighted by atomic mass is 19.1. The van der Waals surface area contributed by atoms with E-state index in [0.29, 0.717) is 25.3 Å². The minimum absolute atomic E-state index is 0.0996. The van der Waals surface area contributed by atoms with Crippen LogP contribution < -0.4 is 0 Å². The average molecular weight is 295 g/mol. The Kier molecular flexibility index (Phi) is 4.90. The van der Waals surface area contributed by atoms with Crippen LogP contribution in [0.1, 0.15) is 22.3 Å². The fraction of sp³-hybridized carbons (Fsp3) is 0.467. The van der Waals surface area contributed by atoms with Crippen molar-refractivity contribution in [3.8, 4) is 0 Å². The van der Waals surface area contributed by atoms with Gasteiger partial charge in [0.15, 0.2) is 0 Å². The van der Waals surface area contributed by atoms with Gasteiger partial charge in [0.05, 0.1) is 26.2 Å². The molecule has 2 rings (SSSR count). The molecule has 0 bridgehead atoms. The van der Waals surface area contributed by atoms with E-state index in [4.69, 9.17) is 4.74 Å². The van der Waals surface area contributed by atoms with Crippen LogP contribution in [0.25, 0.3) is 0 Å². The number of carbonyl (C=O) groups excluding carboxylic acids is 2. The molecule has 1 heterocycles. The predicted octanol–water partition coefficient (Wildman–Crippen LogP) is 1.54. The lowest BCUT2D eigenvalue weighted by atomic mass is 10.1. The van der Waals surface area contributed by atoms with Crippen LogP contribution in [-0.4, -0.2) is 49.7 Å². The Bertz CT molecular complexity index is 546. The number of benzene rings is 1. The predicted molar refractivity (Wildman–Crippen MR) is 73.4 cm³/mol. The maximum absolute atomic E-state index is 13.3. The standard InChI is InChI=1S/C15H18FNO4/c1-10-3-4-11(16)7-13(10)15(19)17-5-6-21-12(9-17)8-14(18)20-2/h3-4,7,12H,5-6,8-9H2,1-2H3. The molecule has 0 radical (unpaired) electrons. The van der Waals surface area contributed by atoms with Gasteiger partial charge in [0.2, 0.25) is 0 Å². The second-order valence-corrected chi connectivity index (χ2v) is 4.98. The number of hydrogen-bond donors (Lipinski definition) is 0. The van der Waals surface area contributed by atoms with E-state index < -0.39 is 5.82 Å². The summed E-state index contributed by atoms with van der Waals surface area (Å²) in [5, 5.41) is 0. The number of aryl methyl sites for hydroxylation is 1. The van der Waals surface area contributed by atoms with E-state index in [1.807, 2.05) is 0 Å². The van der Waals surface area contributed by atoms with Gasteiger partial charge in [-0.3, -0.25) is 9.59 Å². The van der Waals surface area contributed by atoms with Crippen molar-refractivity contribution in [1.82, 2.24) is 4.90 Å². The third-order valence-electron chi connectivity index (χ3n) is 3.48. The van der Waals surface area contributed by atoms with Crippen molar-refractivity contribution in [2.45, 2.75) is 19.4 Å². The highest BCUT2D eigenvalue weighted by Crippen LogP contribution is 2.16. The van der Waals surface area contributed by atoms with Gasteiger partial charge in [-0.2, -0.15) is 0 Å². The lowest BCUT2D eigenvalue weighted by molar-refractivity contribution is -0.145. The third-order valence-corrected chi connectivity index (χ3v) is 3.48. The summed E-state index contributed by atoms with van der Waals surface area (Å²) in [6.45, 7) is 2.83. The molecule has 0 saturated carbocycles. The zero-order valence-corrected chi connectivity index (χ0v) is 12.1. The summed E-state index contributed by atoms with van der Waals surface area (Å²) in [6.07, 6.45) is -0.286. The lowest BCUT2D eigenvalue weighted by Gasteiger charge is -2.32. The quantitative estimate of drug-likeness (QED) is 0.794. The van der Waals surface area contributed by atoms with Crippen molar-refractivity contribution in [1.29, 1.82) is 0 Å². The van der Waals surface area contributed by atoms with Crippen molar-refractivity contribution < 1.29 is 23.5 Å². The van der Waals surface area contributed by atoms with Gasteiger partial charge in [-0.05, 0) is 24.6 Å². The van der Waals surface area contributed by atoms with E-state index in [1.54, 1.807) is 17.9 Å².